The van der Waals surface area contributed by atoms with Crippen LogP contribution >= 0.6 is 11.6 Å². The number of aromatic amines is 1. The summed E-state index contributed by atoms with van der Waals surface area (Å²) in [5.41, 5.74) is 2.66. The third-order valence-corrected chi connectivity index (χ3v) is 9.29. The average Bonchev–Trinajstić information content (AvgIpc) is 3.75. The van der Waals surface area contributed by atoms with Crippen molar-refractivity contribution >= 4 is 22.6 Å². The SMILES string of the molecule is C[C@]1(c2ccc(Cl)cn2)Oc2cccc([C@H]3CCN(Cc4nc5cc(-c6n[nH]c(C(F)(F)F)n6)ncc5n4C[C@@H]4CCO4)C[C@@H]3F)c2O1. The molecule has 11 nitrogen and oxygen atoms in total. The zero-order valence-corrected chi connectivity index (χ0v) is 26.3. The van der Waals surface area contributed by atoms with E-state index in [2.05, 4.69) is 20.1 Å². The lowest BCUT2D eigenvalue weighted by Crippen LogP contribution is -2.41. The van der Waals surface area contributed by atoms with E-state index in [1.54, 1.807) is 37.4 Å². The number of likely N-dealkylation sites (tertiary alicyclic amines) is 1. The molecule has 3 aliphatic heterocycles. The van der Waals surface area contributed by atoms with Gasteiger partial charge in [0.05, 0.1) is 41.4 Å². The van der Waals surface area contributed by atoms with E-state index in [-0.39, 0.29) is 24.2 Å². The van der Waals surface area contributed by atoms with Gasteiger partial charge in [-0.15, -0.1) is 0 Å². The number of fused-ring (bicyclic) bond motifs is 2. The van der Waals surface area contributed by atoms with E-state index in [4.69, 9.17) is 30.8 Å². The first-order valence-electron chi connectivity index (χ1n) is 15.5. The molecular formula is C32H29ClF4N8O3. The number of pyridine rings is 2. The Morgan fingerprint density at radius 3 is 2.65 bits per heavy atom. The summed E-state index contributed by atoms with van der Waals surface area (Å²) in [6.07, 6.45) is -1.37. The standard InChI is InChI=1S/C32H29ClF4N8O3/c1-31(26-6-5-17(33)12-39-26)47-25-4-2-3-20(28(25)48-31)19-7-9-44(15-21(19)34)16-27-40-22-11-23(29-41-30(43-42-29)32(35,36)37)38-13-24(22)45(27)14-18-8-10-46-18/h2-6,11-13,18-19,21H,7-10,14-16H2,1H3,(H,41,42,43)/t18-,19+,21-,31-/m0/s1. The van der Waals surface area contributed by atoms with Gasteiger partial charge in [-0.05, 0) is 43.7 Å². The lowest BCUT2D eigenvalue weighted by atomic mass is 9.87. The van der Waals surface area contributed by atoms with Crippen molar-refractivity contribution in [3.8, 4) is 23.0 Å². The maximum Gasteiger partial charge on any atom is 0.451 e. The van der Waals surface area contributed by atoms with Crippen molar-refractivity contribution in [1.82, 2.24) is 39.6 Å². The summed E-state index contributed by atoms with van der Waals surface area (Å²) in [6, 6.07) is 10.5. The van der Waals surface area contributed by atoms with Gasteiger partial charge in [-0.3, -0.25) is 20.0 Å². The van der Waals surface area contributed by atoms with Gasteiger partial charge >= 0.3 is 6.18 Å². The predicted octanol–water partition coefficient (Wildman–Crippen LogP) is 6.04. The molecule has 2 saturated heterocycles. The quantitative estimate of drug-likeness (QED) is 0.205. The molecule has 4 aromatic heterocycles. The number of hydrogen-bond acceptors (Lipinski definition) is 9. The van der Waals surface area contributed by atoms with E-state index in [1.165, 1.54) is 6.20 Å². The minimum atomic E-state index is -4.66. The van der Waals surface area contributed by atoms with Crippen LogP contribution in [0.25, 0.3) is 22.6 Å². The van der Waals surface area contributed by atoms with E-state index >= 15 is 4.39 Å². The molecule has 0 aliphatic carbocycles. The summed E-state index contributed by atoms with van der Waals surface area (Å²) < 4.78 is 75.6. The fourth-order valence-corrected chi connectivity index (χ4v) is 6.62. The molecule has 5 aromatic rings. The maximum atomic E-state index is 16.1. The second-order valence-electron chi connectivity index (χ2n) is 12.3. The molecule has 48 heavy (non-hydrogen) atoms. The van der Waals surface area contributed by atoms with Gasteiger partial charge in [0.25, 0.3) is 5.79 Å². The fourth-order valence-electron chi connectivity index (χ4n) is 6.51. The number of H-pyrrole nitrogens is 1. The van der Waals surface area contributed by atoms with Crippen LogP contribution in [-0.2, 0) is 29.8 Å². The molecular weight excluding hydrogens is 656 g/mol. The monoisotopic (exact) mass is 684 g/mol. The summed E-state index contributed by atoms with van der Waals surface area (Å²) in [5, 5.41) is 6.11. The highest BCUT2D eigenvalue weighted by molar-refractivity contribution is 6.30. The Morgan fingerprint density at radius 2 is 1.94 bits per heavy atom. The largest absolute Gasteiger partial charge is 0.451 e. The molecule has 0 unspecified atom stereocenters. The van der Waals surface area contributed by atoms with Crippen LogP contribution in [0.2, 0.25) is 5.02 Å². The number of para-hydroxylation sites is 1. The lowest BCUT2D eigenvalue weighted by molar-refractivity contribution is -0.144. The number of aromatic nitrogens is 7. The van der Waals surface area contributed by atoms with Gasteiger partial charge in [0.1, 0.15) is 23.4 Å². The normalized spacial score (nSPS) is 24.2. The van der Waals surface area contributed by atoms with Crippen LogP contribution in [0.4, 0.5) is 17.6 Å². The van der Waals surface area contributed by atoms with Crippen LogP contribution in [0.3, 0.4) is 0 Å². The first-order chi connectivity index (χ1) is 23.0. The number of nitrogens with zero attached hydrogens (tertiary/aromatic N) is 7. The number of nitrogens with one attached hydrogen (secondary N) is 1. The summed E-state index contributed by atoms with van der Waals surface area (Å²) in [7, 11) is 0. The summed E-state index contributed by atoms with van der Waals surface area (Å²) in [6.45, 7) is 4.08. The van der Waals surface area contributed by atoms with Crippen molar-refractivity contribution < 1.29 is 31.8 Å². The van der Waals surface area contributed by atoms with Gasteiger partial charge in [0, 0.05) is 37.8 Å². The van der Waals surface area contributed by atoms with Crippen molar-refractivity contribution in [3.05, 3.63) is 76.7 Å². The lowest BCUT2D eigenvalue weighted by Gasteiger charge is -2.35. The topological polar surface area (TPSA) is 116 Å². The second kappa shape index (κ2) is 11.7. The van der Waals surface area contributed by atoms with Crippen LogP contribution in [-0.4, -0.2) is 71.6 Å². The number of piperidine rings is 1. The molecule has 3 aliphatic rings. The fraction of sp³-hybridized carbons (Fsp3) is 0.406. The van der Waals surface area contributed by atoms with Gasteiger partial charge in [-0.25, -0.2) is 14.4 Å². The van der Waals surface area contributed by atoms with Gasteiger partial charge in [-0.2, -0.15) is 18.3 Å². The van der Waals surface area contributed by atoms with Crippen LogP contribution in [0.5, 0.6) is 11.5 Å². The Labute approximate surface area is 276 Å². The van der Waals surface area contributed by atoms with E-state index in [1.807, 2.05) is 26.7 Å². The zero-order chi connectivity index (χ0) is 33.2. The smallest absolute Gasteiger partial charge is 0.443 e. The van der Waals surface area contributed by atoms with Gasteiger partial charge in [-0.1, -0.05) is 23.7 Å². The Kier molecular flexibility index (Phi) is 7.53. The van der Waals surface area contributed by atoms with Gasteiger partial charge in [0.15, 0.2) is 17.3 Å². The molecule has 8 rings (SSSR count). The number of ether oxygens (including phenoxy) is 3. The predicted molar refractivity (Wildman–Crippen MR) is 164 cm³/mol. The molecule has 7 heterocycles. The number of alkyl halides is 4. The third-order valence-electron chi connectivity index (χ3n) is 9.07. The van der Waals surface area contributed by atoms with Gasteiger partial charge < -0.3 is 18.8 Å². The Balaban J connectivity index is 1.02. The number of imidazole rings is 1. The molecule has 0 amide bonds. The van der Waals surface area contributed by atoms with Crippen LogP contribution in [0, 0.1) is 0 Å². The molecule has 2 fully saturated rings. The van der Waals surface area contributed by atoms with Crippen molar-refractivity contribution in [2.24, 2.45) is 0 Å². The highest BCUT2D eigenvalue weighted by atomic mass is 35.5. The summed E-state index contributed by atoms with van der Waals surface area (Å²) >= 11 is 6.02. The average molecular weight is 685 g/mol. The molecule has 0 saturated carbocycles. The highest BCUT2D eigenvalue weighted by Crippen LogP contribution is 2.49. The second-order valence-corrected chi connectivity index (χ2v) is 12.8. The molecule has 1 aromatic carbocycles. The maximum absolute atomic E-state index is 16.1. The molecule has 0 spiro atoms. The first kappa shape index (κ1) is 31.0. The third kappa shape index (κ3) is 5.62. The molecule has 0 bridgehead atoms. The zero-order valence-electron chi connectivity index (χ0n) is 25.5. The van der Waals surface area contributed by atoms with Crippen molar-refractivity contribution in [2.75, 3.05) is 19.7 Å². The van der Waals surface area contributed by atoms with E-state index in [0.717, 1.165) is 12.0 Å². The van der Waals surface area contributed by atoms with Gasteiger partial charge in [0.2, 0.25) is 5.82 Å². The first-order valence-corrected chi connectivity index (χ1v) is 15.9. The van der Waals surface area contributed by atoms with E-state index < -0.39 is 29.9 Å². The van der Waals surface area contributed by atoms with Crippen molar-refractivity contribution in [3.63, 3.8) is 0 Å². The van der Waals surface area contributed by atoms with Crippen LogP contribution < -0.4 is 9.47 Å². The summed E-state index contributed by atoms with van der Waals surface area (Å²) in [5.74, 6) is -1.27. The van der Waals surface area contributed by atoms with E-state index in [0.29, 0.717) is 71.7 Å². The van der Waals surface area contributed by atoms with Crippen molar-refractivity contribution in [2.45, 2.75) is 63.0 Å². The Bertz CT molecular complexity index is 1980. The summed E-state index contributed by atoms with van der Waals surface area (Å²) in [4.78, 5) is 19.1. The highest BCUT2D eigenvalue weighted by Gasteiger charge is 2.44. The van der Waals surface area contributed by atoms with E-state index in [9.17, 15) is 13.2 Å². The van der Waals surface area contributed by atoms with Crippen molar-refractivity contribution in [1.29, 1.82) is 0 Å². The number of benzene rings is 1. The molecule has 16 heteroatoms. The number of hydrogen-bond donors (Lipinski definition) is 1. The molecule has 1 N–H and O–H groups in total. The molecule has 4 atom stereocenters. The number of halogens is 5. The Hall–Kier alpha value is -4.34. The minimum Gasteiger partial charge on any atom is -0.443 e. The Morgan fingerprint density at radius 1 is 1.08 bits per heavy atom. The van der Waals surface area contributed by atoms with Crippen LogP contribution in [0.15, 0.2) is 48.8 Å². The molecule has 0 radical (unpaired) electrons. The van der Waals surface area contributed by atoms with Crippen LogP contribution in [0.1, 0.15) is 48.6 Å². The minimum absolute atomic E-state index is 0.000936. The number of rotatable bonds is 7. The molecule has 250 valence electrons.